The Morgan fingerprint density at radius 3 is 2.81 bits per heavy atom. The number of halogens is 2. The molecule has 1 aromatic carbocycles. The van der Waals surface area contributed by atoms with Crippen LogP contribution in [0, 0.1) is 0 Å². The van der Waals surface area contributed by atoms with Crippen molar-refractivity contribution in [2.24, 2.45) is 0 Å². The molecule has 0 bridgehead atoms. The monoisotopic (exact) mass is 325 g/mol. The minimum absolute atomic E-state index is 0.0224. The van der Waals surface area contributed by atoms with Crippen molar-refractivity contribution >= 4 is 29.1 Å². The molecule has 7 heteroatoms. The second-order valence-corrected chi connectivity index (χ2v) is 4.93. The number of benzene rings is 1. The quantitative estimate of drug-likeness (QED) is 0.918. The van der Waals surface area contributed by atoms with Crippen LogP contribution in [0.15, 0.2) is 30.3 Å². The first-order valence-corrected chi connectivity index (χ1v) is 6.96. The van der Waals surface area contributed by atoms with Crippen LogP contribution in [0.5, 0.6) is 5.75 Å². The summed E-state index contributed by atoms with van der Waals surface area (Å²) in [5.74, 6) is 0.449. The Morgan fingerprint density at radius 1 is 1.29 bits per heavy atom. The fourth-order valence-corrected chi connectivity index (χ4v) is 2.15. The lowest BCUT2D eigenvalue weighted by molar-refractivity contribution is 0.0953. The third-order valence-electron chi connectivity index (χ3n) is 2.84. The van der Waals surface area contributed by atoms with Crippen LogP contribution in [-0.2, 0) is 6.42 Å². The maximum absolute atomic E-state index is 12.0. The molecule has 0 unspecified atom stereocenters. The number of para-hydroxylation sites is 1. The Hall–Kier alpha value is -1.85. The van der Waals surface area contributed by atoms with Crippen LogP contribution in [0.3, 0.4) is 0 Å². The first kappa shape index (κ1) is 15.5. The lowest BCUT2D eigenvalue weighted by atomic mass is 10.1. The van der Waals surface area contributed by atoms with Crippen molar-refractivity contribution in [3.63, 3.8) is 0 Å². The van der Waals surface area contributed by atoms with E-state index in [0.717, 1.165) is 11.3 Å². The van der Waals surface area contributed by atoms with E-state index in [9.17, 15) is 4.79 Å². The van der Waals surface area contributed by atoms with Gasteiger partial charge in [0.2, 0.25) is 0 Å². The number of hydrogen-bond donors (Lipinski definition) is 1. The maximum atomic E-state index is 12.0. The van der Waals surface area contributed by atoms with Gasteiger partial charge >= 0.3 is 0 Å². The molecule has 1 aromatic heterocycles. The summed E-state index contributed by atoms with van der Waals surface area (Å²) in [6.07, 6.45) is 0.639. The highest BCUT2D eigenvalue weighted by Crippen LogP contribution is 2.18. The molecule has 5 nitrogen and oxygen atoms in total. The van der Waals surface area contributed by atoms with Gasteiger partial charge in [-0.3, -0.25) is 4.79 Å². The maximum Gasteiger partial charge on any atom is 0.254 e. The van der Waals surface area contributed by atoms with E-state index in [-0.39, 0.29) is 21.8 Å². The van der Waals surface area contributed by atoms with Gasteiger partial charge < -0.3 is 10.1 Å². The summed E-state index contributed by atoms with van der Waals surface area (Å²) in [7, 11) is 1.61. The molecule has 0 fully saturated rings. The SMILES string of the molecule is COc1ccccc1CCNC(=O)c1cc(Cl)nnc1Cl. The van der Waals surface area contributed by atoms with Gasteiger partial charge in [-0.15, -0.1) is 10.2 Å². The molecule has 1 heterocycles. The third kappa shape index (κ3) is 4.06. The number of nitrogens with zero attached hydrogens (tertiary/aromatic N) is 2. The third-order valence-corrected chi connectivity index (χ3v) is 3.30. The molecule has 110 valence electrons. The Balaban J connectivity index is 1.97. The molecule has 0 saturated heterocycles. The molecule has 0 saturated carbocycles. The van der Waals surface area contributed by atoms with Gasteiger partial charge in [-0.2, -0.15) is 0 Å². The second kappa shape index (κ2) is 7.24. The van der Waals surface area contributed by atoms with E-state index < -0.39 is 0 Å². The number of amides is 1. The molecular weight excluding hydrogens is 313 g/mol. The zero-order valence-electron chi connectivity index (χ0n) is 11.3. The van der Waals surface area contributed by atoms with Crippen LogP contribution in [0.25, 0.3) is 0 Å². The predicted octanol–water partition coefficient (Wildman–Crippen LogP) is 2.76. The molecule has 0 radical (unpaired) electrons. The number of methoxy groups -OCH3 is 1. The van der Waals surface area contributed by atoms with Gasteiger partial charge in [-0.25, -0.2) is 0 Å². The zero-order valence-corrected chi connectivity index (χ0v) is 12.8. The van der Waals surface area contributed by atoms with E-state index in [1.54, 1.807) is 7.11 Å². The molecule has 2 aromatic rings. The van der Waals surface area contributed by atoms with E-state index in [2.05, 4.69) is 15.5 Å². The molecule has 0 spiro atoms. The Morgan fingerprint density at radius 2 is 2.05 bits per heavy atom. The van der Waals surface area contributed by atoms with Gasteiger partial charge in [0, 0.05) is 6.54 Å². The molecule has 0 aliphatic rings. The van der Waals surface area contributed by atoms with Gasteiger partial charge in [0.05, 0.1) is 12.7 Å². The topological polar surface area (TPSA) is 64.1 Å². The molecule has 21 heavy (non-hydrogen) atoms. The average Bonchev–Trinajstić information content (AvgIpc) is 2.50. The highest BCUT2D eigenvalue weighted by Gasteiger charge is 2.13. The van der Waals surface area contributed by atoms with Crippen molar-refractivity contribution in [3.05, 3.63) is 51.8 Å². The average molecular weight is 326 g/mol. The van der Waals surface area contributed by atoms with Gasteiger partial charge in [0.25, 0.3) is 5.91 Å². The molecule has 1 amide bonds. The van der Waals surface area contributed by atoms with Crippen LogP contribution in [0.2, 0.25) is 10.3 Å². The van der Waals surface area contributed by atoms with Crippen LogP contribution < -0.4 is 10.1 Å². The summed E-state index contributed by atoms with van der Waals surface area (Å²) >= 11 is 11.5. The summed E-state index contributed by atoms with van der Waals surface area (Å²) < 4.78 is 5.25. The number of aromatic nitrogens is 2. The lowest BCUT2D eigenvalue weighted by Gasteiger charge is -2.09. The Labute approximate surface area is 132 Å². The van der Waals surface area contributed by atoms with Crippen molar-refractivity contribution in [1.29, 1.82) is 0 Å². The van der Waals surface area contributed by atoms with E-state index in [1.165, 1.54) is 6.07 Å². The Kier molecular flexibility index (Phi) is 5.36. The molecule has 0 aliphatic carbocycles. The van der Waals surface area contributed by atoms with Crippen molar-refractivity contribution in [3.8, 4) is 5.75 Å². The number of rotatable bonds is 5. The van der Waals surface area contributed by atoms with Crippen molar-refractivity contribution in [1.82, 2.24) is 15.5 Å². The number of carbonyl (C=O) groups is 1. The number of ether oxygens (including phenoxy) is 1. The molecule has 0 aliphatic heterocycles. The predicted molar refractivity (Wildman–Crippen MR) is 81.1 cm³/mol. The summed E-state index contributed by atoms with van der Waals surface area (Å²) in [5.41, 5.74) is 1.22. The summed E-state index contributed by atoms with van der Waals surface area (Å²) in [5, 5.41) is 10.1. The van der Waals surface area contributed by atoms with Crippen molar-refractivity contribution in [2.75, 3.05) is 13.7 Å². The van der Waals surface area contributed by atoms with Crippen LogP contribution in [0.1, 0.15) is 15.9 Å². The van der Waals surface area contributed by atoms with Crippen LogP contribution in [0.4, 0.5) is 0 Å². The normalized spacial score (nSPS) is 10.2. The Bertz CT molecular complexity index is 650. The summed E-state index contributed by atoms with van der Waals surface area (Å²) in [6.45, 7) is 0.440. The first-order valence-electron chi connectivity index (χ1n) is 6.20. The lowest BCUT2D eigenvalue weighted by Crippen LogP contribution is -2.26. The van der Waals surface area contributed by atoms with E-state index >= 15 is 0 Å². The smallest absolute Gasteiger partial charge is 0.254 e. The van der Waals surface area contributed by atoms with Gasteiger partial charge in [0.1, 0.15) is 5.75 Å². The van der Waals surface area contributed by atoms with Crippen molar-refractivity contribution in [2.45, 2.75) is 6.42 Å². The minimum atomic E-state index is -0.341. The summed E-state index contributed by atoms with van der Waals surface area (Å²) in [4.78, 5) is 12.0. The van der Waals surface area contributed by atoms with E-state index in [4.69, 9.17) is 27.9 Å². The minimum Gasteiger partial charge on any atom is -0.496 e. The van der Waals surface area contributed by atoms with E-state index in [0.29, 0.717) is 13.0 Å². The highest BCUT2D eigenvalue weighted by atomic mass is 35.5. The second-order valence-electron chi connectivity index (χ2n) is 4.19. The van der Waals surface area contributed by atoms with Crippen molar-refractivity contribution < 1.29 is 9.53 Å². The largest absolute Gasteiger partial charge is 0.496 e. The molecular formula is C14H13Cl2N3O2. The van der Waals surface area contributed by atoms with Crippen LogP contribution >= 0.6 is 23.2 Å². The fraction of sp³-hybridized carbons (Fsp3) is 0.214. The number of carbonyl (C=O) groups excluding carboxylic acids is 1. The molecule has 1 N–H and O–H groups in total. The van der Waals surface area contributed by atoms with Gasteiger partial charge in [-0.05, 0) is 24.1 Å². The fourth-order valence-electron chi connectivity index (χ4n) is 1.83. The summed E-state index contributed by atoms with van der Waals surface area (Å²) in [6, 6.07) is 9.02. The molecule has 2 rings (SSSR count). The zero-order chi connectivity index (χ0) is 15.2. The van der Waals surface area contributed by atoms with E-state index in [1.807, 2.05) is 24.3 Å². The standard InChI is InChI=1S/C14H13Cl2N3O2/c1-21-11-5-3-2-4-9(11)6-7-17-14(20)10-8-12(15)18-19-13(10)16/h2-5,8H,6-7H2,1H3,(H,17,20). The number of nitrogens with one attached hydrogen (secondary N) is 1. The van der Waals surface area contributed by atoms with Gasteiger partial charge in [-0.1, -0.05) is 41.4 Å². The first-order chi connectivity index (χ1) is 10.1. The van der Waals surface area contributed by atoms with Gasteiger partial charge in [0.15, 0.2) is 10.3 Å². The highest BCUT2D eigenvalue weighted by molar-refractivity contribution is 6.34. The number of hydrogen-bond acceptors (Lipinski definition) is 4. The molecule has 0 atom stereocenters. The van der Waals surface area contributed by atoms with Crippen LogP contribution in [-0.4, -0.2) is 29.8 Å².